The van der Waals surface area contributed by atoms with Crippen LogP contribution in [-0.4, -0.2) is 26.1 Å². The summed E-state index contributed by atoms with van der Waals surface area (Å²) in [7, 11) is -2.66. The number of hydrogen-bond acceptors (Lipinski definition) is 2. The summed E-state index contributed by atoms with van der Waals surface area (Å²) in [5.41, 5.74) is 0. The molecule has 0 aliphatic heterocycles. The van der Waals surface area contributed by atoms with E-state index >= 15 is 0 Å². The Morgan fingerprint density at radius 1 is 0.964 bits per heavy atom. The van der Waals surface area contributed by atoms with Crippen molar-refractivity contribution in [1.29, 1.82) is 0 Å². The third kappa shape index (κ3) is 4.75. The Hall–Kier alpha value is -1.86. The Bertz CT molecular complexity index is 719. The lowest BCUT2D eigenvalue weighted by atomic mass is 9.94. The zero-order valence-corrected chi connectivity index (χ0v) is 18.9. The molecule has 3 heteroatoms. The zero-order valence-electron chi connectivity index (χ0n) is 17.9. The molecule has 28 heavy (non-hydrogen) atoms. The molecule has 0 saturated heterocycles. The molecule has 0 aliphatic carbocycles. The van der Waals surface area contributed by atoms with Crippen LogP contribution in [0.25, 0.3) is 0 Å². The normalized spacial score (nSPS) is 15.5. The minimum Gasteiger partial charge on any atom is -0.396 e. The van der Waals surface area contributed by atoms with E-state index in [4.69, 9.17) is 10.8 Å². The second-order valence-electron chi connectivity index (χ2n) is 8.87. The summed E-state index contributed by atoms with van der Waals surface area (Å²) in [6, 6.07) is 21.1. The first-order valence-corrected chi connectivity index (χ1v) is 12.0. The lowest BCUT2D eigenvalue weighted by molar-refractivity contribution is 0.146. The van der Waals surface area contributed by atoms with E-state index < -0.39 is 8.32 Å². The summed E-state index contributed by atoms with van der Waals surface area (Å²) < 4.78 is 7.05. The molecule has 2 rings (SSSR count). The number of rotatable bonds is 8. The fourth-order valence-corrected chi connectivity index (χ4v) is 8.73. The monoisotopic (exact) mass is 394 g/mol. The fraction of sp³-hybridized carbons (Fsp3) is 0.440. The maximum atomic E-state index is 9.47. The van der Waals surface area contributed by atoms with Crippen LogP contribution in [0.2, 0.25) is 5.04 Å². The summed E-state index contributed by atoms with van der Waals surface area (Å²) >= 11 is 0. The number of terminal acetylenes is 1. The molecule has 1 N–H and O–H groups in total. The van der Waals surface area contributed by atoms with Crippen LogP contribution < -0.4 is 10.4 Å². The Labute approximate surface area is 172 Å². The molecule has 0 saturated carbocycles. The van der Waals surface area contributed by atoms with Crippen LogP contribution >= 0.6 is 0 Å². The minimum absolute atomic E-state index is 0.104. The lowest BCUT2D eigenvalue weighted by Crippen LogP contribution is -2.68. The van der Waals surface area contributed by atoms with E-state index in [0.29, 0.717) is 0 Å². The summed E-state index contributed by atoms with van der Waals surface area (Å²) in [6.07, 6.45) is 6.51. The van der Waals surface area contributed by atoms with Crippen molar-refractivity contribution in [2.75, 3.05) is 6.61 Å². The molecule has 0 spiro atoms. The van der Waals surface area contributed by atoms with Crippen LogP contribution in [0.1, 0.15) is 41.0 Å². The lowest BCUT2D eigenvalue weighted by Gasteiger charge is -2.45. The van der Waals surface area contributed by atoms with E-state index in [9.17, 15) is 5.11 Å². The van der Waals surface area contributed by atoms with Gasteiger partial charge in [0.2, 0.25) is 0 Å². The van der Waals surface area contributed by atoms with Gasteiger partial charge in [0.15, 0.2) is 0 Å². The molecule has 1 unspecified atom stereocenters. The molecule has 2 aromatic rings. The van der Waals surface area contributed by atoms with Gasteiger partial charge in [-0.25, -0.2) is 0 Å². The molecule has 0 heterocycles. The summed E-state index contributed by atoms with van der Waals surface area (Å²) in [5, 5.41) is 11.8. The number of benzene rings is 2. The van der Waals surface area contributed by atoms with Crippen LogP contribution in [0, 0.1) is 24.2 Å². The van der Waals surface area contributed by atoms with Crippen LogP contribution in [0.5, 0.6) is 0 Å². The molecule has 0 radical (unpaired) electrons. The van der Waals surface area contributed by atoms with Gasteiger partial charge in [0.05, 0.1) is 0 Å². The highest BCUT2D eigenvalue weighted by atomic mass is 28.4. The van der Waals surface area contributed by atoms with Crippen LogP contribution in [0.4, 0.5) is 0 Å². The number of hydrogen-bond donors (Lipinski definition) is 1. The van der Waals surface area contributed by atoms with E-state index in [1.54, 1.807) is 0 Å². The van der Waals surface area contributed by atoms with Crippen molar-refractivity contribution in [3.05, 3.63) is 60.7 Å². The van der Waals surface area contributed by atoms with E-state index in [1.165, 1.54) is 10.4 Å². The van der Waals surface area contributed by atoms with Crippen LogP contribution in [-0.2, 0) is 4.43 Å². The standard InChI is InChI=1S/C25H34O2Si/c1-7-24(21(3)18-20(2)19-26)27-28(25(4,5)6,22-14-10-8-11-15-22)23-16-12-9-13-17-23/h1,8-17,20-21,24,26H,18-19H2,2-6H3/t20-,21?,24+/m0/s1. The second-order valence-corrected chi connectivity index (χ2v) is 13.1. The molecule has 0 amide bonds. The molecule has 0 fully saturated rings. The van der Waals surface area contributed by atoms with Crippen molar-refractivity contribution in [2.45, 2.75) is 52.2 Å². The van der Waals surface area contributed by atoms with Gasteiger partial charge in [-0.15, -0.1) is 6.42 Å². The minimum atomic E-state index is -2.66. The molecule has 0 bridgehead atoms. The second kappa shape index (κ2) is 9.56. The van der Waals surface area contributed by atoms with Crippen molar-refractivity contribution in [3.63, 3.8) is 0 Å². The summed E-state index contributed by atoms with van der Waals surface area (Å²) in [6.45, 7) is 11.1. The van der Waals surface area contributed by atoms with Crippen molar-refractivity contribution >= 4 is 18.7 Å². The third-order valence-corrected chi connectivity index (χ3v) is 10.5. The molecule has 0 aliphatic rings. The Morgan fingerprint density at radius 3 is 1.79 bits per heavy atom. The zero-order chi connectivity index (χ0) is 20.8. The van der Waals surface area contributed by atoms with Crippen molar-refractivity contribution < 1.29 is 9.53 Å². The molecule has 2 aromatic carbocycles. The highest BCUT2D eigenvalue weighted by Crippen LogP contribution is 2.38. The Kier molecular flexibility index (Phi) is 7.66. The van der Waals surface area contributed by atoms with E-state index in [2.05, 4.69) is 82.1 Å². The molecule has 0 aromatic heterocycles. The van der Waals surface area contributed by atoms with Gasteiger partial charge < -0.3 is 9.53 Å². The largest absolute Gasteiger partial charge is 0.396 e. The smallest absolute Gasteiger partial charge is 0.262 e. The SMILES string of the molecule is C#C[C@@H](O[Si](c1ccccc1)(c1ccccc1)C(C)(C)C)C(C)C[C@H](C)CO. The molecular formula is C25H34O2Si. The highest BCUT2D eigenvalue weighted by molar-refractivity contribution is 6.99. The van der Waals surface area contributed by atoms with E-state index in [0.717, 1.165) is 6.42 Å². The van der Waals surface area contributed by atoms with Gasteiger partial charge in [0, 0.05) is 6.61 Å². The first-order chi connectivity index (χ1) is 13.3. The predicted octanol–water partition coefficient (Wildman–Crippen LogP) is 4.22. The van der Waals surface area contributed by atoms with Crippen molar-refractivity contribution in [1.82, 2.24) is 0 Å². The van der Waals surface area contributed by atoms with Gasteiger partial charge in [-0.1, -0.05) is 101 Å². The Morgan fingerprint density at radius 2 is 1.43 bits per heavy atom. The maximum absolute atomic E-state index is 9.47. The van der Waals surface area contributed by atoms with Gasteiger partial charge in [0.1, 0.15) is 6.10 Å². The van der Waals surface area contributed by atoms with Gasteiger partial charge in [-0.05, 0) is 33.7 Å². The average molecular weight is 395 g/mol. The van der Waals surface area contributed by atoms with Gasteiger partial charge in [0.25, 0.3) is 8.32 Å². The third-order valence-electron chi connectivity index (χ3n) is 5.49. The fourth-order valence-electron chi connectivity index (χ4n) is 4.03. The maximum Gasteiger partial charge on any atom is 0.262 e. The van der Waals surface area contributed by atoms with Gasteiger partial charge in [-0.2, -0.15) is 0 Å². The van der Waals surface area contributed by atoms with Crippen LogP contribution in [0.15, 0.2) is 60.7 Å². The Balaban J connectivity index is 2.59. The first kappa shape index (κ1) is 22.4. The van der Waals surface area contributed by atoms with Gasteiger partial charge >= 0.3 is 0 Å². The molecule has 3 atom stereocenters. The summed E-state index contributed by atoms with van der Waals surface area (Å²) in [5.74, 6) is 3.29. The quantitative estimate of drug-likeness (QED) is 0.537. The molecule has 2 nitrogen and oxygen atoms in total. The topological polar surface area (TPSA) is 29.5 Å². The predicted molar refractivity (Wildman–Crippen MR) is 121 cm³/mol. The molecule has 150 valence electrons. The first-order valence-electron chi connectivity index (χ1n) is 10.1. The summed E-state index contributed by atoms with van der Waals surface area (Å²) in [4.78, 5) is 0. The van der Waals surface area contributed by atoms with Gasteiger partial charge in [-0.3, -0.25) is 0 Å². The van der Waals surface area contributed by atoms with Crippen molar-refractivity contribution in [3.8, 4) is 12.3 Å². The number of aliphatic hydroxyl groups excluding tert-OH is 1. The number of aliphatic hydroxyl groups is 1. The van der Waals surface area contributed by atoms with Crippen LogP contribution in [0.3, 0.4) is 0 Å². The van der Waals surface area contributed by atoms with Crippen molar-refractivity contribution in [2.24, 2.45) is 11.8 Å². The average Bonchev–Trinajstić information content (AvgIpc) is 2.69. The van der Waals surface area contributed by atoms with E-state index in [-0.39, 0.29) is 29.6 Å². The molecular weight excluding hydrogens is 360 g/mol. The van der Waals surface area contributed by atoms with E-state index in [1.807, 2.05) is 19.1 Å². The highest BCUT2D eigenvalue weighted by Gasteiger charge is 2.51.